The molecule has 0 aliphatic rings. The third-order valence-corrected chi connectivity index (χ3v) is 4.97. The molecule has 2 nitrogen and oxygen atoms in total. The van der Waals surface area contributed by atoms with Gasteiger partial charge in [-0.2, -0.15) is 0 Å². The first-order valence-corrected chi connectivity index (χ1v) is 9.03. The molecule has 0 atom stereocenters. The molecule has 0 saturated carbocycles. The van der Waals surface area contributed by atoms with Crippen LogP contribution >= 0.6 is 11.8 Å². The Bertz CT molecular complexity index is 650. The van der Waals surface area contributed by atoms with E-state index in [-0.39, 0.29) is 5.97 Å². The molecule has 0 fully saturated rings. The number of carbonyl (C=O) groups is 1. The summed E-state index contributed by atoms with van der Waals surface area (Å²) in [6.07, 6.45) is 3.28. The van der Waals surface area contributed by atoms with Gasteiger partial charge in [0.15, 0.2) is 0 Å². The number of carbonyl (C=O) groups excluding carboxylic acids is 1. The summed E-state index contributed by atoms with van der Waals surface area (Å²) in [6.45, 7) is 4.17. The third-order valence-electron chi connectivity index (χ3n) is 3.93. The van der Waals surface area contributed by atoms with Crippen molar-refractivity contribution in [3.8, 4) is 0 Å². The van der Waals surface area contributed by atoms with Crippen LogP contribution in [0.2, 0.25) is 0 Å². The van der Waals surface area contributed by atoms with Crippen molar-refractivity contribution in [1.82, 2.24) is 0 Å². The zero-order valence-electron chi connectivity index (χ0n) is 14.1. The molecule has 2 rings (SSSR count). The molecule has 0 aliphatic carbocycles. The number of unbranched alkanes of at least 4 members (excludes halogenated alkanes) is 1. The van der Waals surface area contributed by atoms with Gasteiger partial charge in [0.25, 0.3) is 0 Å². The van der Waals surface area contributed by atoms with Crippen molar-refractivity contribution < 1.29 is 9.53 Å². The Hall–Kier alpha value is -1.74. The largest absolute Gasteiger partial charge is 0.465 e. The number of aryl methyl sites for hydroxylation is 2. The Labute approximate surface area is 143 Å². The molecule has 0 spiro atoms. The van der Waals surface area contributed by atoms with Crippen LogP contribution in [0.1, 0.15) is 46.8 Å². The van der Waals surface area contributed by atoms with Gasteiger partial charge >= 0.3 is 5.97 Å². The molecule has 0 radical (unpaired) electrons. The fourth-order valence-electron chi connectivity index (χ4n) is 2.63. The predicted molar refractivity (Wildman–Crippen MR) is 97.1 cm³/mol. The first kappa shape index (κ1) is 17.6. The fourth-order valence-corrected chi connectivity index (χ4v) is 3.62. The maximum Gasteiger partial charge on any atom is 0.338 e. The first-order chi connectivity index (χ1) is 11.2. The Kier molecular flexibility index (Phi) is 6.72. The number of hydrogen-bond acceptors (Lipinski definition) is 3. The minimum absolute atomic E-state index is 0.232. The van der Waals surface area contributed by atoms with Crippen LogP contribution in [0.3, 0.4) is 0 Å². The van der Waals surface area contributed by atoms with Gasteiger partial charge in [-0.05, 0) is 48.6 Å². The average molecular weight is 328 g/mol. The monoisotopic (exact) mass is 328 g/mol. The van der Waals surface area contributed by atoms with Crippen LogP contribution in [0.5, 0.6) is 0 Å². The van der Waals surface area contributed by atoms with Gasteiger partial charge < -0.3 is 4.74 Å². The van der Waals surface area contributed by atoms with Crippen LogP contribution in [-0.4, -0.2) is 13.1 Å². The number of benzene rings is 2. The Morgan fingerprint density at radius 3 is 2.52 bits per heavy atom. The van der Waals surface area contributed by atoms with Crippen molar-refractivity contribution in [3.05, 3.63) is 64.7 Å². The van der Waals surface area contributed by atoms with E-state index in [4.69, 9.17) is 4.74 Å². The minimum Gasteiger partial charge on any atom is -0.465 e. The summed E-state index contributed by atoms with van der Waals surface area (Å²) in [6, 6.07) is 14.5. The predicted octanol–water partition coefficient (Wildman–Crippen LogP) is 5.42. The zero-order valence-corrected chi connectivity index (χ0v) is 14.9. The topological polar surface area (TPSA) is 26.3 Å². The number of hydrogen-bond donors (Lipinski definition) is 0. The minimum atomic E-state index is -0.232. The van der Waals surface area contributed by atoms with Gasteiger partial charge in [-0.3, -0.25) is 0 Å². The molecular formula is C20H24O2S. The van der Waals surface area contributed by atoms with Crippen molar-refractivity contribution in [2.75, 3.05) is 7.11 Å². The van der Waals surface area contributed by atoms with E-state index >= 15 is 0 Å². The van der Waals surface area contributed by atoms with Gasteiger partial charge in [0, 0.05) is 10.6 Å². The molecule has 23 heavy (non-hydrogen) atoms. The van der Waals surface area contributed by atoms with E-state index < -0.39 is 0 Å². The summed E-state index contributed by atoms with van der Waals surface area (Å²) in [7, 11) is 1.45. The highest BCUT2D eigenvalue weighted by atomic mass is 32.2. The van der Waals surface area contributed by atoms with Gasteiger partial charge in [-0.1, -0.05) is 43.7 Å². The second-order valence-corrected chi connectivity index (χ2v) is 6.64. The molecular weight excluding hydrogens is 304 g/mol. The first-order valence-electron chi connectivity index (χ1n) is 8.04. The highest BCUT2D eigenvalue weighted by molar-refractivity contribution is 7.98. The maximum atomic E-state index is 12.3. The molecule has 2 aromatic rings. The zero-order chi connectivity index (χ0) is 16.7. The number of thioether (sulfide) groups is 1. The lowest BCUT2D eigenvalue weighted by Crippen LogP contribution is -2.10. The van der Waals surface area contributed by atoms with Crippen LogP contribution < -0.4 is 0 Å². The molecule has 3 heteroatoms. The molecule has 0 amide bonds. The van der Waals surface area contributed by atoms with E-state index in [1.807, 2.05) is 31.2 Å². The van der Waals surface area contributed by atoms with Crippen molar-refractivity contribution in [3.63, 3.8) is 0 Å². The highest BCUT2D eigenvalue weighted by Gasteiger charge is 2.18. The standard InChI is InChI=1S/C20H24O2S/c1-4-5-9-16-13-12-15(2)19(20(21)22-3)18(16)14-23-17-10-7-6-8-11-17/h6-8,10-13H,4-5,9,14H2,1-3H3. The van der Waals surface area contributed by atoms with Crippen molar-refractivity contribution in [1.29, 1.82) is 0 Å². The SMILES string of the molecule is CCCCc1ccc(C)c(C(=O)OC)c1CSc1ccccc1. The van der Waals surface area contributed by atoms with Crippen LogP contribution in [0.15, 0.2) is 47.4 Å². The van der Waals surface area contributed by atoms with Gasteiger partial charge in [0.2, 0.25) is 0 Å². The lowest BCUT2D eigenvalue weighted by atomic mass is 9.94. The highest BCUT2D eigenvalue weighted by Crippen LogP contribution is 2.29. The lowest BCUT2D eigenvalue weighted by Gasteiger charge is -2.16. The molecule has 0 bridgehead atoms. The maximum absolute atomic E-state index is 12.3. The summed E-state index contributed by atoms with van der Waals surface area (Å²) in [4.78, 5) is 13.5. The molecule has 122 valence electrons. The number of rotatable bonds is 7. The number of methoxy groups -OCH3 is 1. The number of ether oxygens (including phenoxy) is 1. The van der Waals surface area contributed by atoms with Crippen LogP contribution in [0.25, 0.3) is 0 Å². The van der Waals surface area contributed by atoms with Crippen molar-refractivity contribution in [2.24, 2.45) is 0 Å². The summed E-state index contributed by atoms with van der Waals surface area (Å²) in [5.41, 5.74) is 4.12. The summed E-state index contributed by atoms with van der Waals surface area (Å²) < 4.78 is 5.02. The third kappa shape index (κ3) is 4.61. The smallest absolute Gasteiger partial charge is 0.338 e. The summed E-state index contributed by atoms with van der Waals surface area (Å²) in [5.74, 6) is 0.555. The molecule has 0 unspecified atom stereocenters. The molecule has 0 aromatic heterocycles. The lowest BCUT2D eigenvalue weighted by molar-refractivity contribution is 0.0599. The molecule has 0 heterocycles. The van der Waals surface area contributed by atoms with Crippen LogP contribution in [0, 0.1) is 6.92 Å². The van der Waals surface area contributed by atoms with Gasteiger partial charge in [-0.15, -0.1) is 11.8 Å². The van der Waals surface area contributed by atoms with E-state index in [2.05, 4.69) is 25.1 Å². The molecule has 0 saturated heterocycles. The van der Waals surface area contributed by atoms with Crippen LogP contribution in [0.4, 0.5) is 0 Å². The van der Waals surface area contributed by atoms with E-state index in [0.717, 1.165) is 41.7 Å². The Balaban J connectivity index is 2.35. The Morgan fingerprint density at radius 1 is 1.13 bits per heavy atom. The molecule has 0 N–H and O–H groups in total. The summed E-state index contributed by atoms with van der Waals surface area (Å²) >= 11 is 1.76. The van der Waals surface area contributed by atoms with E-state index in [9.17, 15) is 4.79 Å². The quantitative estimate of drug-likeness (QED) is 0.501. The summed E-state index contributed by atoms with van der Waals surface area (Å²) in [5, 5.41) is 0. The second kappa shape index (κ2) is 8.78. The normalized spacial score (nSPS) is 10.6. The molecule has 0 aliphatic heterocycles. The Morgan fingerprint density at radius 2 is 1.87 bits per heavy atom. The number of esters is 1. The van der Waals surface area contributed by atoms with E-state index in [1.165, 1.54) is 17.6 Å². The average Bonchev–Trinajstić information content (AvgIpc) is 2.59. The van der Waals surface area contributed by atoms with E-state index in [0.29, 0.717) is 0 Å². The van der Waals surface area contributed by atoms with Crippen LogP contribution in [-0.2, 0) is 16.9 Å². The second-order valence-electron chi connectivity index (χ2n) is 5.59. The van der Waals surface area contributed by atoms with Gasteiger partial charge in [0.1, 0.15) is 0 Å². The van der Waals surface area contributed by atoms with Crippen molar-refractivity contribution in [2.45, 2.75) is 43.8 Å². The van der Waals surface area contributed by atoms with E-state index in [1.54, 1.807) is 11.8 Å². The fraction of sp³-hybridized carbons (Fsp3) is 0.350. The molecule has 2 aromatic carbocycles. The van der Waals surface area contributed by atoms with Crippen molar-refractivity contribution >= 4 is 17.7 Å². The van der Waals surface area contributed by atoms with Gasteiger partial charge in [-0.25, -0.2) is 4.79 Å². The van der Waals surface area contributed by atoms with Gasteiger partial charge in [0.05, 0.1) is 12.7 Å².